The van der Waals surface area contributed by atoms with E-state index < -0.39 is 5.54 Å². The molecule has 0 unspecified atom stereocenters. The van der Waals surface area contributed by atoms with Gasteiger partial charge in [0.15, 0.2) is 0 Å². The molecule has 1 heterocycles. The molecule has 0 aliphatic rings. The van der Waals surface area contributed by atoms with Crippen LogP contribution in [0.15, 0.2) is 122 Å². The zero-order valence-corrected chi connectivity index (χ0v) is 21.6. The Balaban J connectivity index is 0.000000233. The molecule has 4 aromatic carbocycles. The molecule has 0 atom stereocenters. The Morgan fingerprint density at radius 1 is 0.806 bits per heavy atom. The van der Waals surface area contributed by atoms with Gasteiger partial charge < -0.3 is 9.67 Å². The standard InChI is InChI=1S/C22H17ClN2.C10H14O/c23-21-14-8-7-13-20(21)22(25-16-15-24-17-25,18-9-3-1-4-10-18)19-11-5-2-6-12-19;1-7(2)9-5-4-8(3)10(11)6-9/h1-17H;4-7,11H,1-3H3. The number of phenols is 1. The molecule has 0 aliphatic carbocycles. The largest absolute Gasteiger partial charge is 0.508 e. The second kappa shape index (κ2) is 11.3. The number of phenolic OH excluding ortho intramolecular Hbond substituents is 1. The third-order valence-electron chi connectivity index (χ3n) is 6.44. The summed E-state index contributed by atoms with van der Waals surface area (Å²) in [6.07, 6.45) is 5.64. The Hall–Kier alpha value is -3.82. The molecule has 1 N–H and O–H groups in total. The SMILES string of the molecule is Cc1ccc(C(C)C)cc1O.Clc1ccccc1C(c1ccccc1)(c1ccccc1)n1ccnc1. The second-order valence-electron chi connectivity index (χ2n) is 9.09. The van der Waals surface area contributed by atoms with Gasteiger partial charge in [0.2, 0.25) is 0 Å². The van der Waals surface area contributed by atoms with E-state index in [4.69, 9.17) is 11.6 Å². The number of benzene rings is 4. The summed E-state index contributed by atoms with van der Waals surface area (Å²) in [6, 6.07) is 34.7. The maximum absolute atomic E-state index is 9.35. The number of imidazole rings is 1. The molecule has 36 heavy (non-hydrogen) atoms. The smallest absolute Gasteiger partial charge is 0.123 e. The quantitative estimate of drug-likeness (QED) is 0.250. The van der Waals surface area contributed by atoms with Gasteiger partial charge in [0.25, 0.3) is 0 Å². The van der Waals surface area contributed by atoms with Crippen molar-refractivity contribution in [1.82, 2.24) is 9.55 Å². The van der Waals surface area contributed by atoms with Gasteiger partial charge >= 0.3 is 0 Å². The van der Waals surface area contributed by atoms with Crippen molar-refractivity contribution in [1.29, 1.82) is 0 Å². The van der Waals surface area contributed by atoms with Crippen LogP contribution in [0.3, 0.4) is 0 Å². The molecule has 0 bridgehead atoms. The van der Waals surface area contributed by atoms with E-state index in [1.165, 1.54) is 5.56 Å². The number of aromatic nitrogens is 2. The highest BCUT2D eigenvalue weighted by atomic mass is 35.5. The first-order valence-corrected chi connectivity index (χ1v) is 12.5. The Kier molecular flexibility index (Phi) is 7.92. The number of rotatable bonds is 5. The molecule has 1 aromatic heterocycles. The lowest BCUT2D eigenvalue weighted by Gasteiger charge is -2.37. The number of aromatic hydroxyl groups is 1. The summed E-state index contributed by atoms with van der Waals surface area (Å²) in [7, 11) is 0. The van der Waals surface area contributed by atoms with Crippen LogP contribution in [0, 0.1) is 6.92 Å². The van der Waals surface area contributed by atoms with Gasteiger partial charge in [-0.15, -0.1) is 0 Å². The lowest BCUT2D eigenvalue weighted by atomic mass is 9.76. The number of hydrogen-bond acceptors (Lipinski definition) is 2. The van der Waals surface area contributed by atoms with E-state index >= 15 is 0 Å². The first-order chi connectivity index (χ1) is 17.4. The molecule has 0 aliphatic heterocycles. The minimum absolute atomic E-state index is 0.399. The molecule has 5 rings (SSSR count). The van der Waals surface area contributed by atoms with Gasteiger partial charge in [0, 0.05) is 23.0 Å². The van der Waals surface area contributed by atoms with E-state index in [1.807, 2.05) is 61.9 Å². The fourth-order valence-corrected chi connectivity index (χ4v) is 4.74. The maximum Gasteiger partial charge on any atom is 0.123 e. The van der Waals surface area contributed by atoms with Crippen LogP contribution in [0.1, 0.15) is 47.6 Å². The normalized spacial score (nSPS) is 11.1. The molecule has 3 nitrogen and oxygen atoms in total. The van der Waals surface area contributed by atoms with Gasteiger partial charge in [0.05, 0.1) is 6.33 Å². The summed E-state index contributed by atoms with van der Waals surface area (Å²) in [5.41, 5.74) is 4.83. The van der Waals surface area contributed by atoms with Crippen LogP contribution >= 0.6 is 11.6 Å². The summed E-state index contributed by atoms with van der Waals surface area (Å²) in [5, 5.41) is 10.1. The van der Waals surface area contributed by atoms with Crippen LogP contribution in [-0.2, 0) is 5.54 Å². The third-order valence-corrected chi connectivity index (χ3v) is 6.77. The lowest BCUT2D eigenvalue weighted by Crippen LogP contribution is -2.37. The van der Waals surface area contributed by atoms with Crippen LogP contribution in [-0.4, -0.2) is 14.7 Å². The highest BCUT2D eigenvalue weighted by Crippen LogP contribution is 2.43. The minimum atomic E-state index is -0.586. The van der Waals surface area contributed by atoms with Crippen LogP contribution in [0.25, 0.3) is 0 Å². The van der Waals surface area contributed by atoms with Crippen molar-refractivity contribution >= 4 is 11.6 Å². The summed E-state index contributed by atoms with van der Waals surface area (Å²) >= 11 is 6.69. The topological polar surface area (TPSA) is 38.0 Å². The summed E-state index contributed by atoms with van der Waals surface area (Å²) in [4.78, 5) is 4.31. The average molecular weight is 495 g/mol. The van der Waals surface area contributed by atoms with Gasteiger partial charge in [-0.05, 0) is 47.2 Å². The maximum atomic E-state index is 9.35. The van der Waals surface area contributed by atoms with Gasteiger partial charge in [-0.25, -0.2) is 4.98 Å². The van der Waals surface area contributed by atoms with E-state index in [-0.39, 0.29) is 0 Å². The van der Waals surface area contributed by atoms with Crippen LogP contribution in [0.2, 0.25) is 5.02 Å². The first kappa shape index (κ1) is 25.3. The Bertz CT molecular complexity index is 1340. The van der Waals surface area contributed by atoms with Crippen LogP contribution in [0.5, 0.6) is 5.75 Å². The van der Waals surface area contributed by atoms with Crippen molar-refractivity contribution in [2.75, 3.05) is 0 Å². The molecular formula is C32H31ClN2O. The molecular weight excluding hydrogens is 464 g/mol. The van der Waals surface area contributed by atoms with Crippen molar-refractivity contribution in [2.24, 2.45) is 0 Å². The van der Waals surface area contributed by atoms with Crippen molar-refractivity contribution in [3.05, 3.63) is 155 Å². The van der Waals surface area contributed by atoms with Crippen molar-refractivity contribution in [3.8, 4) is 5.75 Å². The highest BCUT2D eigenvalue weighted by molar-refractivity contribution is 6.31. The van der Waals surface area contributed by atoms with E-state index in [2.05, 4.69) is 84.1 Å². The molecule has 0 spiro atoms. The van der Waals surface area contributed by atoms with E-state index in [0.717, 1.165) is 27.3 Å². The molecule has 4 heteroatoms. The van der Waals surface area contributed by atoms with Crippen LogP contribution in [0.4, 0.5) is 0 Å². The molecule has 0 saturated carbocycles. The van der Waals surface area contributed by atoms with Crippen LogP contribution < -0.4 is 0 Å². The van der Waals surface area contributed by atoms with Crippen molar-refractivity contribution in [3.63, 3.8) is 0 Å². The molecule has 0 fully saturated rings. The third kappa shape index (κ3) is 5.07. The zero-order chi connectivity index (χ0) is 25.5. The predicted molar refractivity (Wildman–Crippen MR) is 149 cm³/mol. The van der Waals surface area contributed by atoms with E-state index in [0.29, 0.717) is 11.7 Å². The van der Waals surface area contributed by atoms with Crippen molar-refractivity contribution < 1.29 is 5.11 Å². The lowest BCUT2D eigenvalue weighted by molar-refractivity contribution is 0.470. The monoisotopic (exact) mass is 494 g/mol. The molecule has 182 valence electrons. The highest BCUT2D eigenvalue weighted by Gasteiger charge is 2.39. The van der Waals surface area contributed by atoms with E-state index in [1.54, 1.807) is 6.20 Å². The fourth-order valence-electron chi connectivity index (χ4n) is 4.47. The van der Waals surface area contributed by atoms with Gasteiger partial charge in [0.1, 0.15) is 11.3 Å². The van der Waals surface area contributed by atoms with Crippen molar-refractivity contribution in [2.45, 2.75) is 32.2 Å². The summed E-state index contributed by atoms with van der Waals surface area (Å²) < 4.78 is 2.12. The number of hydrogen-bond donors (Lipinski definition) is 1. The predicted octanol–water partition coefficient (Wildman–Crippen LogP) is 8.20. The molecule has 0 radical (unpaired) electrons. The second-order valence-corrected chi connectivity index (χ2v) is 9.50. The Labute approximate surface area is 218 Å². The van der Waals surface area contributed by atoms with Gasteiger partial charge in [-0.1, -0.05) is 116 Å². The first-order valence-electron chi connectivity index (χ1n) is 12.1. The molecule has 0 amide bonds. The molecule has 5 aromatic rings. The van der Waals surface area contributed by atoms with Gasteiger partial charge in [-0.3, -0.25) is 0 Å². The zero-order valence-electron chi connectivity index (χ0n) is 20.8. The summed E-state index contributed by atoms with van der Waals surface area (Å²) in [6.45, 7) is 6.13. The Morgan fingerprint density at radius 3 is 1.89 bits per heavy atom. The number of aryl methyl sites for hydroxylation is 1. The number of halogens is 1. The summed E-state index contributed by atoms with van der Waals surface area (Å²) in [5.74, 6) is 0.887. The average Bonchev–Trinajstić information content (AvgIpc) is 3.44. The van der Waals surface area contributed by atoms with Gasteiger partial charge in [-0.2, -0.15) is 0 Å². The Morgan fingerprint density at radius 2 is 1.39 bits per heavy atom. The molecule has 0 saturated heterocycles. The number of nitrogens with zero attached hydrogens (tertiary/aromatic N) is 2. The fraction of sp³-hybridized carbons (Fsp3) is 0.156. The minimum Gasteiger partial charge on any atom is -0.508 e. The van der Waals surface area contributed by atoms with E-state index in [9.17, 15) is 5.11 Å².